The number of rotatable bonds is 7. The molecule has 1 unspecified atom stereocenters. The average Bonchev–Trinajstić information content (AvgIpc) is 3.48. The number of fused-ring (bicyclic) bond motifs is 1. The molecule has 1 atom stereocenters. The highest BCUT2D eigenvalue weighted by molar-refractivity contribution is 5.59. The van der Waals surface area contributed by atoms with Gasteiger partial charge >= 0.3 is 0 Å². The molecule has 4 aromatic rings. The van der Waals surface area contributed by atoms with E-state index in [1.54, 1.807) is 6.20 Å². The van der Waals surface area contributed by atoms with E-state index in [1.807, 2.05) is 36.4 Å². The van der Waals surface area contributed by atoms with Crippen molar-refractivity contribution in [2.75, 3.05) is 5.32 Å². The molecule has 3 aromatic heterocycles. The Hall–Kier alpha value is -3.61. The van der Waals surface area contributed by atoms with E-state index >= 15 is 0 Å². The molecule has 1 aliphatic rings. The monoisotopic (exact) mass is 412 g/mol. The molecule has 1 aliphatic carbocycles. The minimum Gasteiger partial charge on any atom is -0.356 e. The Morgan fingerprint density at radius 1 is 1.00 bits per heavy atom. The zero-order valence-electron chi connectivity index (χ0n) is 17.5. The third-order valence-electron chi connectivity index (χ3n) is 5.45. The van der Waals surface area contributed by atoms with Crippen molar-refractivity contribution in [1.29, 1.82) is 0 Å². The molecule has 0 saturated carbocycles. The van der Waals surface area contributed by atoms with Gasteiger partial charge in [0.15, 0.2) is 11.6 Å². The molecular weight excluding hydrogens is 388 g/mol. The number of hydrogen-bond donors (Lipinski definition) is 1. The van der Waals surface area contributed by atoms with Crippen LogP contribution >= 0.6 is 0 Å². The van der Waals surface area contributed by atoms with Crippen molar-refractivity contribution in [1.82, 2.24) is 25.1 Å². The van der Waals surface area contributed by atoms with Gasteiger partial charge in [-0.15, -0.1) is 0 Å². The van der Waals surface area contributed by atoms with Gasteiger partial charge in [0.05, 0.1) is 0 Å². The Labute approximate surface area is 181 Å². The first-order chi connectivity index (χ1) is 15.3. The highest BCUT2D eigenvalue weighted by atomic mass is 16.5. The molecule has 0 saturated heterocycles. The van der Waals surface area contributed by atoms with Gasteiger partial charge in [0, 0.05) is 23.9 Å². The van der Waals surface area contributed by atoms with Crippen LogP contribution in [0, 0.1) is 0 Å². The molecule has 0 fully saturated rings. The number of hydrogen-bond acceptors (Lipinski definition) is 7. The SMILES string of the molecule is CCCc1nc(C(Nc2nc(-c3ccccn3)nc3c2CCC3)c2ccccc2)no1. The van der Waals surface area contributed by atoms with Crippen LogP contribution in [0.2, 0.25) is 0 Å². The fraction of sp³-hybridized carbons (Fsp3) is 0.292. The van der Waals surface area contributed by atoms with Gasteiger partial charge < -0.3 is 9.84 Å². The van der Waals surface area contributed by atoms with Gasteiger partial charge in [-0.2, -0.15) is 4.98 Å². The fourth-order valence-electron chi connectivity index (χ4n) is 3.94. The lowest BCUT2D eigenvalue weighted by Gasteiger charge is -2.19. The maximum atomic E-state index is 5.49. The van der Waals surface area contributed by atoms with Gasteiger partial charge in [-0.05, 0) is 43.4 Å². The summed E-state index contributed by atoms with van der Waals surface area (Å²) in [5.41, 5.74) is 4.07. The van der Waals surface area contributed by atoms with Crippen molar-refractivity contribution >= 4 is 5.82 Å². The summed E-state index contributed by atoms with van der Waals surface area (Å²) in [5.74, 6) is 2.72. The fourth-order valence-corrected chi connectivity index (χ4v) is 3.94. The zero-order valence-corrected chi connectivity index (χ0v) is 17.5. The molecular formula is C24H24N6O. The van der Waals surface area contributed by atoms with Crippen molar-refractivity contribution in [2.45, 2.75) is 45.1 Å². The van der Waals surface area contributed by atoms with E-state index in [9.17, 15) is 0 Å². The second-order valence-electron chi connectivity index (χ2n) is 7.67. The van der Waals surface area contributed by atoms with Crippen LogP contribution in [-0.4, -0.2) is 25.1 Å². The Bertz CT molecular complexity index is 1160. The van der Waals surface area contributed by atoms with Crippen molar-refractivity contribution in [3.8, 4) is 11.5 Å². The molecule has 1 N–H and O–H groups in total. The van der Waals surface area contributed by atoms with Gasteiger partial charge in [-0.3, -0.25) is 4.98 Å². The smallest absolute Gasteiger partial charge is 0.226 e. The molecule has 0 radical (unpaired) electrons. The topological polar surface area (TPSA) is 89.6 Å². The number of pyridine rings is 1. The third-order valence-corrected chi connectivity index (χ3v) is 5.45. The van der Waals surface area contributed by atoms with Gasteiger partial charge in [-0.1, -0.05) is 48.5 Å². The molecule has 0 bridgehead atoms. The Balaban J connectivity index is 1.57. The minimum atomic E-state index is -0.272. The Morgan fingerprint density at radius 2 is 1.87 bits per heavy atom. The maximum absolute atomic E-state index is 5.49. The summed E-state index contributed by atoms with van der Waals surface area (Å²) in [6.45, 7) is 2.10. The zero-order chi connectivity index (χ0) is 21.0. The molecule has 7 nitrogen and oxygen atoms in total. The highest BCUT2D eigenvalue weighted by Crippen LogP contribution is 2.32. The van der Waals surface area contributed by atoms with E-state index in [4.69, 9.17) is 14.5 Å². The Kier molecular flexibility index (Phi) is 5.39. The average molecular weight is 412 g/mol. The van der Waals surface area contributed by atoms with E-state index in [-0.39, 0.29) is 6.04 Å². The van der Waals surface area contributed by atoms with E-state index < -0.39 is 0 Å². The predicted molar refractivity (Wildman–Crippen MR) is 117 cm³/mol. The molecule has 5 rings (SSSR count). The summed E-state index contributed by atoms with van der Waals surface area (Å²) in [4.78, 5) is 18.8. The number of anilines is 1. The third kappa shape index (κ3) is 4.03. The molecule has 0 spiro atoms. The molecule has 0 aliphatic heterocycles. The first-order valence-electron chi connectivity index (χ1n) is 10.8. The number of nitrogens with one attached hydrogen (secondary N) is 1. The van der Waals surface area contributed by atoms with Crippen LogP contribution in [0.15, 0.2) is 59.3 Å². The van der Waals surface area contributed by atoms with Crippen LogP contribution in [0.1, 0.15) is 54.3 Å². The lowest BCUT2D eigenvalue weighted by Crippen LogP contribution is -2.17. The van der Waals surface area contributed by atoms with Gasteiger partial charge in [0.2, 0.25) is 5.89 Å². The summed E-state index contributed by atoms with van der Waals surface area (Å²) in [6, 6.07) is 15.7. The second-order valence-corrected chi connectivity index (χ2v) is 7.67. The van der Waals surface area contributed by atoms with Crippen molar-refractivity contribution in [2.24, 2.45) is 0 Å². The first kappa shape index (κ1) is 19.4. The largest absolute Gasteiger partial charge is 0.356 e. The van der Waals surface area contributed by atoms with E-state index in [0.717, 1.165) is 60.4 Å². The van der Waals surface area contributed by atoms with Crippen LogP contribution < -0.4 is 5.32 Å². The highest BCUT2D eigenvalue weighted by Gasteiger charge is 2.26. The van der Waals surface area contributed by atoms with Crippen molar-refractivity contribution < 1.29 is 4.52 Å². The molecule has 31 heavy (non-hydrogen) atoms. The maximum Gasteiger partial charge on any atom is 0.226 e. The van der Waals surface area contributed by atoms with Crippen LogP contribution in [0.25, 0.3) is 11.5 Å². The van der Waals surface area contributed by atoms with Gasteiger partial charge in [0.25, 0.3) is 0 Å². The van der Waals surface area contributed by atoms with Crippen LogP contribution in [0.3, 0.4) is 0 Å². The first-order valence-corrected chi connectivity index (χ1v) is 10.8. The van der Waals surface area contributed by atoms with E-state index in [2.05, 4.69) is 39.5 Å². The summed E-state index contributed by atoms with van der Waals surface area (Å²) in [6.07, 6.45) is 6.46. The number of nitrogens with zero attached hydrogens (tertiary/aromatic N) is 5. The lowest BCUT2D eigenvalue weighted by molar-refractivity contribution is 0.371. The minimum absolute atomic E-state index is 0.272. The standard InChI is InChI=1S/C24H24N6O/c1-2-9-20-27-24(30-31-20)21(16-10-4-3-5-11-16)28-22-17-12-8-14-18(17)26-23(29-22)19-13-6-7-15-25-19/h3-7,10-11,13,15,21H,2,8-9,12,14H2,1H3,(H,26,28,29). The number of aryl methyl sites for hydroxylation is 2. The van der Waals surface area contributed by atoms with E-state index in [1.165, 1.54) is 0 Å². The summed E-state index contributed by atoms with van der Waals surface area (Å²) >= 11 is 0. The normalized spacial score (nSPS) is 13.7. The number of benzene rings is 1. The van der Waals surface area contributed by atoms with Crippen LogP contribution in [-0.2, 0) is 19.3 Å². The van der Waals surface area contributed by atoms with Crippen LogP contribution in [0.5, 0.6) is 0 Å². The molecule has 1 aromatic carbocycles. The van der Waals surface area contributed by atoms with E-state index in [0.29, 0.717) is 17.5 Å². The summed E-state index contributed by atoms with van der Waals surface area (Å²) in [5, 5.41) is 7.89. The van der Waals surface area contributed by atoms with Crippen molar-refractivity contribution in [3.63, 3.8) is 0 Å². The molecule has 0 amide bonds. The summed E-state index contributed by atoms with van der Waals surface area (Å²) in [7, 11) is 0. The predicted octanol–water partition coefficient (Wildman–Crippen LogP) is 4.56. The van der Waals surface area contributed by atoms with Crippen LogP contribution in [0.4, 0.5) is 5.82 Å². The van der Waals surface area contributed by atoms with Gasteiger partial charge in [-0.25, -0.2) is 9.97 Å². The lowest BCUT2D eigenvalue weighted by atomic mass is 10.1. The van der Waals surface area contributed by atoms with Crippen molar-refractivity contribution in [3.05, 3.63) is 83.3 Å². The number of aromatic nitrogens is 5. The quantitative estimate of drug-likeness (QED) is 0.476. The molecule has 3 heterocycles. The summed E-state index contributed by atoms with van der Waals surface area (Å²) < 4.78 is 5.49. The second kappa shape index (κ2) is 8.63. The van der Waals surface area contributed by atoms with Gasteiger partial charge in [0.1, 0.15) is 17.6 Å². The Morgan fingerprint density at radius 3 is 2.68 bits per heavy atom. The molecule has 156 valence electrons. The molecule has 7 heteroatoms.